The third kappa shape index (κ3) is 2.86. The van der Waals surface area contributed by atoms with Crippen molar-refractivity contribution in [2.24, 2.45) is 0 Å². The first kappa shape index (κ1) is 14.3. The minimum atomic E-state index is -0.0261. The molecule has 0 radical (unpaired) electrons. The number of fused-ring (bicyclic) bond motifs is 1. The molecule has 1 aromatic heterocycles. The van der Waals surface area contributed by atoms with Crippen molar-refractivity contribution in [3.05, 3.63) is 51.5 Å². The number of nitrogens with zero attached hydrogens (tertiary/aromatic N) is 1. The van der Waals surface area contributed by atoms with Crippen LogP contribution in [0, 0.1) is 0 Å². The lowest BCUT2D eigenvalue weighted by Crippen LogP contribution is -2.31. The van der Waals surface area contributed by atoms with E-state index in [4.69, 9.17) is 0 Å². The van der Waals surface area contributed by atoms with Crippen LogP contribution in [0.15, 0.2) is 29.6 Å². The molecule has 1 aliphatic carbocycles. The van der Waals surface area contributed by atoms with Crippen molar-refractivity contribution in [3.8, 4) is 0 Å². The summed E-state index contributed by atoms with van der Waals surface area (Å²) in [6, 6.07) is 8.24. The van der Waals surface area contributed by atoms with Gasteiger partial charge in [0.15, 0.2) is 0 Å². The van der Waals surface area contributed by atoms with Crippen LogP contribution in [0.1, 0.15) is 54.1 Å². The van der Waals surface area contributed by atoms with Crippen LogP contribution >= 0.6 is 11.3 Å². The third-order valence-electron chi connectivity index (χ3n) is 4.12. The zero-order chi connectivity index (χ0) is 14.8. The highest BCUT2D eigenvalue weighted by molar-refractivity contribution is 7.09. The molecule has 1 N–H and O–H groups in total. The molecule has 1 aliphatic rings. The van der Waals surface area contributed by atoms with Crippen molar-refractivity contribution in [3.63, 3.8) is 0 Å². The van der Waals surface area contributed by atoms with Gasteiger partial charge in [-0.3, -0.25) is 4.79 Å². The van der Waals surface area contributed by atoms with E-state index in [0.29, 0.717) is 0 Å². The van der Waals surface area contributed by atoms with Crippen molar-refractivity contribution in [2.75, 3.05) is 0 Å². The lowest BCUT2D eigenvalue weighted by Gasteiger charge is -2.16. The molecule has 1 heterocycles. The molecule has 0 saturated carbocycles. The van der Waals surface area contributed by atoms with E-state index in [9.17, 15) is 4.79 Å². The van der Waals surface area contributed by atoms with Gasteiger partial charge in [0, 0.05) is 5.38 Å². The van der Waals surface area contributed by atoms with Gasteiger partial charge < -0.3 is 5.32 Å². The number of hydrogen-bond donors (Lipinski definition) is 1. The van der Waals surface area contributed by atoms with Gasteiger partial charge in [-0.1, -0.05) is 31.2 Å². The lowest BCUT2D eigenvalue weighted by molar-refractivity contribution is -0.123. The smallest absolute Gasteiger partial charge is 0.228 e. The maximum atomic E-state index is 12.5. The highest BCUT2D eigenvalue weighted by Crippen LogP contribution is 2.33. The summed E-state index contributed by atoms with van der Waals surface area (Å²) in [7, 11) is 0. The molecule has 2 unspecified atom stereocenters. The minimum absolute atomic E-state index is 0.00655. The molecule has 0 fully saturated rings. The second-order valence-electron chi connectivity index (χ2n) is 5.54. The van der Waals surface area contributed by atoms with Crippen LogP contribution < -0.4 is 5.32 Å². The third-order valence-corrected chi connectivity index (χ3v) is 5.14. The zero-order valence-corrected chi connectivity index (χ0v) is 13.2. The van der Waals surface area contributed by atoms with Crippen molar-refractivity contribution < 1.29 is 4.79 Å². The molecule has 0 spiro atoms. The van der Waals surface area contributed by atoms with E-state index in [1.165, 1.54) is 11.1 Å². The number of nitrogens with one attached hydrogen (secondary N) is 1. The molecular weight excluding hydrogens is 280 g/mol. The van der Waals surface area contributed by atoms with Gasteiger partial charge in [-0.15, -0.1) is 11.3 Å². The summed E-state index contributed by atoms with van der Waals surface area (Å²) in [5, 5.41) is 6.29. The standard InChI is InChI=1S/C17H20N2OS/c1-3-16-19-15(10-21-16)11(2)18-17(20)14-9-8-12-6-4-5-7-13(12)14/h4-7,10-11,14H,3,8-9H2,1-2H3,(H,18,20). The summed E-state index contributed by atoms with van der Waals surface area (Å²) in [5.41, 5.74) is 3.47. The summed E-state index contributed by atoms with van der Waals surface area (Å²) in [4.78, 5) is 17.1. The molecule has 1 amide bonds. The number of rotatable bonds is 4. The van der Waals surface area contributed by atoms with Gasteiger partial charge in [0.25, 0.3) is 0 Å². The van der Waals surface area contributed by atoms with Crippen LogP contribution in [0.5, 0.6) is 0 Å². The van der Waals surface area contributed by atoms with E-state index in [2.05, 4.69) is 29.4 Å². The summed E-state index contributed by atoms with van der Waals surface area (Å²) >= 11 is 1.66. The summed E-state index contributed by atoms with van der Waals surface area (Å²) < 4.78 is 0. The Labute approximate surface area is 129 Å². The SMILES string of the molecule is CCc1nc(C(C)NC(=O)C2CCc3ccccc32)cs1. The highest BCUT2D eigenvalue weighted by atomic mass is 32.1. The maximum absolute atomic E-state index is 12.5. The Balaban J connectivity index is 1.69. The fraction of sp³-hybridized carbons (Fsp3) is 0.412. The Kier molecular flexibility index (Phi) is 4.06. The summed E-state index contributed by atoms with van der Waals surface area (Å²) in [6.07, 6.45) is 2.86. The fourth-order valence-electron chi connectivity index (χ4n) is 2.90. The Hall–Kier alpha value is -1.68. The predicted molar refractivity (Wildman–Crippen MR) is 85.6 cm³/mol. The Morgan fingerprint density at radius 1 is 1.48 bits per heavy atom. The Bertz CT molecular complexity index is 650. The number of carbonyl (C=O) groups is 1. The first-order valence-corrected chi connectivity index (χ1v) is 8.39. The molecule has 2 atom stereocenters. The van der Waals surface area contributed by atoms with Crippen LogP contribution in [0.25, 0.3) is 0 Å². The number of aromatic nitrogens is 1. The van der Waals surface area contributed by atoms with Gasteiger partial charge >= 0.3 is 0 Å². The molecule has 110 valence electrons. The molecule has 3 nitrogen and oxygen atoms in total. The monoisotopic (exact) mass is 300 g/mol. The van der Waals surface area contributed by atoms with Crippen LogP contribution in [-0.4, -0.2) is 10.9 Å². The molecule has 0 saturated heterocycles. The van der Waals surface area contributed by atoms with Gasteiger partial charge in [-0.25, -0.2) is 4.98 Å². The van der Waals surface area contributed by atoms with Crippen LogP contribution in [-0.2, 0) is 17.6 Å². The Morgan fingerprint density at radius 2 is 2.29 bits per heavy atom. The van der Waals surface area contributed by atoms with Crippen molar-refractivity contribution >= 4 is 17.2 Å². The van der Waals surface area contributed by atoms with Crippen molar-refractivity contribution in [1.29, 1.82) is 0 Å². The van der Waals surface area contributed by atoms with E-state index >= 15 is 0 Å². The van der Waals surface area contributed by atoms with Gasteiger partial charge in [-0.05, 0) is 37.3 Å². The van der Waals surface area contributed by atoms with Crippen molar-refractivity contribution in [2.45, 2.75) is 45.1 Å². The van der Waals surface area contributed by atoms with Crippen molar-refractivity contribution in [1.82, 2.24) is 10.3 Å². The number of hydrogen-bond acceptors (Lipinski definition) is 3. The van der Waals surface area contributed by atoms with Crippen LogP contribution in [0.4, 0.5) is 0 Å². The minimum Gasteiger partial charge on any atom is -0.347 e. The van der Waals surface area contributed by atoms with E-state index < -0.39 is 0 Å². The van der Waals surface area contributed by atoms with Gasteiger partial charge in [-0.2, -0.15) is 0 Å². The average Bonchev–Trinajstić information content (AvgIpc) is 3.14. The summed E-state index contributed by atoms with van der Waals surface area (Å²) in [5.74, 6) is 0.117. The van der Waals surface area contributed by atoms with Crippen LogP contribution in [0.3, 0.4) is 0 Å². The first-order chi connectivity index (χ1) is 10.2. The van der Waals surface area contributed by atoms with E-state index in [1.54, 1.807) is 11.3 Å². The number of benzene rings is 1. The van der Waals surface area contributed by atoms with E-state index in [1.807, 2.05) is 24.4 Å². The highest BCUT2D eigenvalue weighted by Gasteiger charge is 2.29. The molecule has 0 bridgehead atoms. The molecule has 1 aromatic carbocycles. The van der Waals surface area contributed by atoms with Gasteiger partial charge in [0.2, 0.25) is 5.91 Å². The number of carbonyl (C=O) groups excluding carboxylic acids is 1. The zero-order valence-electron chi connectivity index (χ0n) is 12.4. The van der Waals surface area contributed by atoms with E-state index in [0.717, 1.165) is 30.0 Å². The predicted octanol–water partition coefficient (Wildman–Crippen LogP) is 3.61. The molecule has 4 heteroatoms. The molecule has 3 rings (SSSR count). The molecule has 0 aliphatic heterocycles. The molecular formula is C17H20N2OS. The maximum Gasteiger partial charge on any atom is 0.228 e. The topological polar surface area (TPSA) is 42.0 Å². The quantitative estimate of drug-likeness (QED) is 0.937. The van der Waals surface area contributed by atoms with Crippen LogP contribution in [0.2, 0.25) is 0 Å². The van der Waals surface area contributed by atoms with E-state index in [-0.39, 0.29) is 17.9 Å². The second kappa shape index (κ2) is 5.98. The first-order valence-electron chi connectivity index (χ1n) is 7.51. The molecule has 2 aromatic rings. The Morgan fingerprint density at radius 3 is 3.05 bits per heavy atom. The average molecular weight is 300 g/mol. The second-order valence-corrected chi connectivity index (χ2v) is 6.48. The largest absolute Gasteiger partial charge is 0.347 e. The summed E-state index contributed by atoms with van der Waals surface area (Å²) in [6.45, 7) is 4.11. The lowest BCUT2D eigenvalue weighted by atomic mass is 10.00. The van der Waals surface area contributed by atoms with Gasteiger partial charge in [0.05, 0.1) is 22.7 Å². The number of aryl methyl sites for hydroxylation is 2. The fourth-order valence-corrected chi connectivity index (χ4v) is 3.74. The van der Waals surface area contributed by atoms with Gasteiger partial charge in [0.1, 0.15) is 0 Å². The number of amides is 1. The normalized spacial score (nSPS) is 18.3. The number of thiazole rings is 1. The molecule has 21 heavy (non-hydrogen) atoms.